The van der Waals surface area contributed by atoms with Crippen molar-refractivity contribution in [2.45, 2.75) is 204 Å². The Morgan fingerprint density at radius 3 is 1.05 bits per heavy atom. The molecule has 5 nitrogen and oxygen atoms in total. The molecule has 238 valence electrons. The zero-order valence-corrected chi connectivity index (χ0v) is 26.6. The van der Waals surface area contributed by atoms with E-state index in [-0.39, 0.29) is 24.9 Å². The van der Waals surface area contributed by atoms with E-state index >= 15 is 0 Å². The van der Waals surface area contributed by atoms with Gasteiger partial charge in [-0.25, -0.2) is 4.79 Å². The van der Waals surface area contributed by atoms with Crippen molar-refractivity contribution in [1.82, 2.24) is 0 Å². The minimum Gasteiger partial charge on any atom is -0.462 e. The van der Waals surface area contributed by atoms with Crippen LogP contribution in [0.2, 0.25) is 0 Å². The van der Waals surface area contributed by atoms with Crippen LogP contribution >= 0.6 is 0 Å². The molecule has 3 aliphatic carbocycles. The summed E-state index contributed by atoms with van der Waals surface area (Å²) in [5, 5.41) is 0. The highest BCUT2D eigenvalue weighted by Gasteiger charge is 2.41. The maximum Gasteiger partial charge on any atom is 0.330 e. The third-order valence-corrected chi connectivity index (χ3v) is 9.51. The quantitative estimate of drug-likeness (QED) is 0.147. The van der Waals surface area contributed by atoms with Gasteiger partial charge in [0.15, 0.2) is 0 Å². The molecule has 3 fully saturated rings. The highest BCUT2D eigenvalue weighted by Crippen LogP contribution is 2.35. The van der Waals surface area contributed by atoms with Crippen molar-refractivity contribution in [2.24, 2.45) is 0 Å². The molecule has 0 aromatic heterocycles. The zero-order valence-electron chi connectivity index (χ0n) is 26.6. The van der Waals surface area contributed by atoms with Crippen LogP contribution in [0.25, 0.3) is 0 Å². The summed E-state index contributed by atoms with van der Waals surface area (Å²) >= 11 is 0. The van der Waals surface area contributed by atoms with E-state index in [4.69, 9.17) is 18.9 Å². The molecule has 0 aliphatic heterocycles. The summed E-state index contributed by atoms with van der Waals surface area (Å²) in [6, 6.07) is 0. The van der Waals surface area contributed by atoms with Crippen molar-refractivity contribution >= 4 is 5.97 Å². The molecular weight excluding hydrogens is 512 g/mol. The number of carbonyl (C=O) groups excluding carboxylic acids is 1. The first-order valence-electron chi connectivity index (χ1n) is 18.0. The van der Waals surface area contributed by atoms with Gasteiger partial charge >= 0.3 is 5.97 Å². The molecule has 0 heterocycles. The van der Waals surface area contributed by atoms with Crippen LogP contribution in [-0.2, 0) is 23.7 Å². The maximum atomic E-state index is 12.1. The van der Waals surface area contributed by atoms with Crippen LogP contribution in [0, 0.1) is 0 Å². The third kappa shape index (κ3) is 15.4. The molecule has 3 aliphatic rings. The standard InChI is InChI=1S/C36H64O5/c1-2-35(37)38-31-30-36(39-32-24-18-12-6-3-7-13-19-25-32,40-33-26-20-14-8-4-9-15-21-27-33)41-34-28-22-16-10-5-11-17-23-29-34/h2,32-34H,1,3-31H2. The van der Waals surface area contributed by atoms with E-state index in [0.29, 0.717) is 6.42 Å². The van der Waals surface area contributed by atoms with Crippen molar-refractivity contribution in [1.29, 1.82) is 0 Å². The Bertz CT molecular complexity index is 580. The van der Waals surface area contributed by atoms with Gasteiger partial charge in [0.25, 0.3) is 5.97 Å². The largest absolute Gasteiger partial charge is 0.462 e. The highest BCUT2D eigenvalue weighted by molar-refractivity contribution is 5.81. The lowest BCUT2D eigenvalue weighted by Gasteiger charge is -2.42. The summed E-state index contributed by atoms with van der Waals surface area (Å²) < 4.78 is 26.9. The SMILES string of the molecule is C=CC(=O)OCCC(OC1CCCCCCCCC1)(OC1CCCCCCCCC1)OC1CCCCCCCCC1. The van der Waals surface area contributed by atoms with Crippen LogP contribution < -0.4 is 0 Å². The molecule has 0 unspecified atom stereocenters. The predicted octanol–water partition coefficient (Wildman–Crippen LogP) is 10.5. The number of hydrogen-bond donors (Lipinski definition) is 0. The van der Waals surface area contributed by atoms with Gasteiger partial charge in [0.2, 0.25) is 0 Å². The Morgan fingerprint density at radius 1 is 0.512 bits per heavy atom. The lowest BCUT2D eigenvalue weighted by molar-refractivity contribution is -0.424. The van der Waals surface area contributed by atoms with Crippen LogP contribution in [0.15, 0.2) is 12.7 Å². The van der Waals surface area contributed by atoms with E-state index in [2.05, 4.69) is 6.58 Å². The molecular formula is C36H64O5. The van der Waals surface area contributed by atoms with Gasteiger partial charge < -0.3 is 18.9 Å². The van der Waals surface area contributed by atoms with Crippen molar-refractivity contribution in [2.75, 3.05) is 6.61 Å². The highest BCUT2D eigenvalue weighted by atomic mass is 16.9. The van der Waals surface area contributed by atoms with Crippen molar-refractivity contribution in [3.8, 4) is 0 Å². The van der Waals surface area contributed by atoms with E-state index in [1.165, 1.54) is 141 Å². The molecule has 3 saturated carbocycles. The van der Waals surface area contributed by atoms with Gasteiger partial charge in [-0.15, -0.1) is 0 Å². The smallest absolute Gasteiger partial charge is 0.330 e. The van der Waals surface area contributed by atoms with Gasteiger partial charge in [-0.05, 0) is 38.5 Å². The first-order chi connectivity index (χ1) is 20.2. The number of carbonyl (C=O) groups is 1. The maximum absolute atomic E-state index is 12.1. The normalized spacial score (nSPS) is 23.3. The summed E-state index contributed by atoms with van der Waals surface area (Å²) in [4.78, 5) is 12.1. The molecule has 0 bridgehead atoms. The van der Waals surface area contributed by atoms with E-state index in [1.807, 2.05) is 0 Å². The third-order valence-electron chi connectivity index (χ3n) is 9.51. The van der Waals surface area contributed by atoms with Crippen LogP contribution in [0.1, 0.15) is 180 Å². The molecule has 41 heavy (non-hydrogen) atoms. The van der Waals surface area contributed by atoms with Gasteiger partial charge in [-0.3, -0.25) is 0 Å². The lowest BCUT2D eigenvalue weighted by Crippen LogP contribution is -2.48. The summed E-state index contributed by atoms with van der Waals surface area (Å²) in [5.74, 6) is -1.56. The second kappa shape index (κ2) is 21.7. The molecule has 0 amide bonds. The number of rotatable bonds is 10. The van der Waals surface area contributed by atoms with Crippen LogP contribution in [-0.4, -0.2) is 36.9 Å². The van der Waals surface area contributed by atoms with E-state index < -0.39 is 11.9 Å². The summed E-state index contributed by atoms with van der Waals surface area (Å²) in [5.41, 5.74) is 0. The molecule has 0 saturated heterocycles. The fourth-order valence-corrected chi connectivity index (χ4v) is 7.03. The monoisotopic (exact) mass is 576 g/mol. The fourth-order valence-electron chi connectivity index (χ4n) is 7.03. The van der Waals surface area contributed by atoms with E-state index in [0.717, 1.165) is 38.5 Å². The Kier molecular flexibility index (Phi) is 18.3. The van der Waals surface area contributed by atoms with Gasteiger partial charge in [0.05, 0.1) is 31.3 Å². The molecule has 0 spiro atoms. The second-order valence-electron chi connectivity index (χ2n) is 13.2. The van der Waals surface area contributed by atoms with E-state index in [9.17, 15) is 4.79 Å². The number of hydrogen-bond acceptors (Lipinski definition) is 5. The number of ether oxygens (including phenoxy) is 4. The Balaban J connectivity index is 1.84. The van der Waals surface area contributed by atoms with Gasteiger partial charge in [0, 0.05) is 6.08 Å². The molecule has 0 radical (unpaired) electrons. The summed E-state index contributed by atoms with van der Waals surface area (Å²) in [6.07, 6.45) is 35.2. The van der Waals surface area contributed by atoms with Crippen LogP contribution in [0.5, 0.6) is 0 Å². The summed E-state index contributed by atoms with van der Waals surface area (Å²) in [7, 11) is 0. The second-order valence-corrected chi connectivity index (χ2v) is 13.2. The number of esters is 1. The molecule has 3 rings (SSSR count). The van der Waals surface area contributed by atoms with Gasteiger partial charge in [0.1, 0.15) is 0 Å². The minimum atomic E-state index is -1.17. The van der Waals surface area contributed by atoms with Crippen LogP contribution in [0.3, 0.4) is 0 Å². The summed E-state index contributed by atoms with van der Waals surface area (Å²) in [6.45, 7) is 3.81. The minimum absolute atomic E-state index is 0.113. The van der Waals surface area contributed by atoms with Crippen molar-refractivity contribution in [3.05, 3.63) is 12.7 Å². The average molecular weight is 577 g/mol. The molecule has 5 heteroatoms. The lowest BCUT2D eigenvalue weighted by atomic mass is 9.98. The van der Waals surface area contributed by atoms with Gasteiger partial charge in [-0.1, -0.05) is 141 Å². The average Bonchev–Trinajstić information content (AvgIpc) is 2.99. The topological polar surface area (TPSA) is 54.0 Å². The van der Waals surface area contributed by atoms with Gasteiger partial charge in [-0.2, -0.15) is 0 Å². The van der Waals surface area contributed by atoms with E-state index in [1.54, 1.807) is 0 Å². The van der Waals surface area contributed by atoms with Crippen LogP contribution in [0.4, 0.5) is 0 Å². The van der Waals surface area contributed by atoms with Crippen molar-refractivity contribution < 1.29 is 23.7 Å². The molecule has 0 atom stereocenters. The molecule has 0 aromatic carbocycles. The first kappa shape index (κ1) is 34.6. The zero-order chi connectivity index (χ0) is 28.9. The Labute approximate surface area is 252 Å². The van der Waals surface area contributed by atoms with Crippen molar-refractivity contribution in [3.63, 3.8) is 0 Å². The predicted molar refractivity (Wildman–Crippen MR) is 168 cm³/mol. The fraction of sp³-hybridized carbons (Fsp3) is 0.917. The Morgan fingerprint density at radius 2 is 0.780 bits per heavy atom. The first-order valence-corrected chi connectivity index (χ1v) is 18.0. The Hall–Kier alpha value is -0.910. The molecule has 0 N–H and O–H groups in total. The molecule has 0 aromatic rings.